The molecule has 9 heteroatoms. The molecule has 1 fully saturated rings. The summed E-state index contributed by atoms with van der Waals surface area (Å²) in [6, 6.07) is 1.58. The second-order valence-corrected chi connectivity index (χ2v) is 9.77. The molecule has 0 radical (unpaired) electrons. The summed E-state index contributed by atoms with van der Waals surface area (Å²) < 4.78 is 27.9. The van der Waals surface area contributed by atoms with Crippen molar-refractivity contribution in [2.45, 2.75) is 39.7 Å². The van der Waals surface area contributed by atoms with Crippen LogP contribution in [0.5, 0.6) is 0 Å². The van der Waals surface area contributed by atoms with Gasteiger partial charge in [0, 0.05) is 31.2 Å². The predicted molar refractivity (Wildman–Crippen MR) is 98.6 cm³/mol. The molecule has 2 aromatic rings. The largest absolute Gasteiger partial charge is 0.282 e. The third-order valence-electron chi connectivity index (χ3n) is 4.38. The van der Waals surface area contributed by atoms with Crippen LogP contribution in [0.1, 0.15) is 41.0 Å². The molecule has 0 saturated carbocycles. The van der Waals surface area contributed by atoms with Gasteiger partial charge >= 0.3 is 0 Å². The molecule has 1 aliphatic heterocycles. The molecule has 7 nitrogen and oxygen atoms in total. The molecular formula is C16H23N5O2S2. The molecule has 136 valence electrons. The number of thiazole rings is 1. The van der Waals surface area contributed by atoms with E-state index in [0.29, 0.717) is 12.4 Å². The van der Waals surface area contributed by atoms with E-state index in [-0.39, 0.29) is 6.04 Å². The maximum atomic E-state index is 12.6. The van der Waals surface area contributed by atoms with Crippen molar-refractivity contribution >= 4 is 21.5 Å². The molecule has 3 rings (SSSR count). The van der Waals surface area contributed by atoms with Crippen LogP contribution in [-0.2, 0) is 10.2 Å². The van der Waals surface area contributed by atoms with Crippen LogP contribution < -0.4 is 0 Å². The van der Waals surface area contributed by atoms with E-state index in [1.54, 1.807) is 25.4 Å². The Labute approximate surface area is 152 Å². The fourth-order valence-corrected chi connectivity index (χ4v) is 5.09. The summed E-state index contributed by atoms with van der Waals surface area (Å²) in [6.07, 6.45) is 1.53. The monoisotopic (exact) mass is 381 g/mol. The fraction of sp³-hybridized carbons (Fsp3) is 0.562. The van der Waals surface area contributed by atoms with Crippen LogP contribution in [0.3, 0.4) is 0 Å². The first-order valence-corrected chi connectivity index (χ1v) is 10.4. The van der Waals surface area contributed by atoms with Gasteiger partial charge in [0.15, 0.2) is 0 Å². The quantitative estimate of drug-likeness (QED) is 0.813. The zero-order valence-corrected chi connectivity index (χ0v) is 16.8. The van der Waals surface area contributed by atoms with E-state index in [9.17, 15) is 8.42 Å². The molecule has 0 spiro atoms. The average molecular weight is 382 g/mol. The molecule has 0 unspecified atom stereocenters. The highest BCUT2D eigenvalue weighted by atomic mass is 32.2. The van der Waals surface area contributed by atoms with Crippen molar-refractivity contribution in [3.63, 3.8) is 0 Å². The molecule has 0 N–H and O–H groups in total. The second kappa shape index (κ2) is 6.71. The van der Waals surface area contributed by atoms with E-state index in [4.69, 9.17) is 0 Å². The normalized spacial score (nSPS) is 19.0. The van der Waals surface area contributed by atoms with Crippen LogP contribution in [0.4, 0.5) is 0 Å². The fourth-order valence-electron chi connectivity index (χ4n) is 2.92. The van der Waals surface area contributed by atoms with Crippen molar-refractivity contribution in [2.75, 3.05) is 20.6 Å². The minimum absolute atomic E-state index is 0.326. The van der Waals surface area contributed by atoms with Crippen molar-refractivity contribution in [3.8, 4) is 10.7 Å². The summed E-state index contributed by atoms with van der Waals surface area (Å²) in [5.74, 6) is 0.559. The maximum Gasteiger partial charge on any atom is 0.282 e. The molecule has 1 aliphatic rings. The summed E-state index contributed by atoms with van der Waals surface area (Å²) in [7, 11) is -0.393. The maximum absolute atomic E-state index is 12.6. The highest BCUT2D eigenvalue weighted by molar-refractivity contribution is 7.86. The molecule has 1 atom stereocenters. The van der Waals surface area contributed by atoms with Crippen LogP contribution in [0.2, 0.25) is 0 Å². The van der Waals surface area contributed by atoms with Crippen molar-refractivity contribution in [1.82, 2.24) is 23.6 Å². The Kier molecular flexibility index (Phi) is 4.93. The van der Waals surface area contributed by atoms with E-state index in [2.05, 4.69) is 15.0 Å². The lowest BCUT2D eigenvalue weighted by Crippen LogP contribution is -2.40. The van der Waals surface area contributed by atoms with Gasteiger partial charge in [-0.2, -0.15) is 17.0 Å². The van der Waals surface area contributed by atoms with Gasteiger partial charge in [-0.25, -0.2) is 15.0 Å². The van der Waals surface area contributed by atoms with Crippen molar-refractivity contribution < 1.29 is 8.42 Å². The van der Waals surface area contributed by atoms with Crippen molar-refractivity contribution in [3.05, 3.63) is 28.2 Å². The average Bonchev–Trinajstić information content (AvgIpc) is 3.14. The molecular weight excluding hydrogens is 358 g/mol. The Balaban J connectivity index is 2.03. The summed E-state index contributed by atoms with van der Waals surface area (Å²) in [5, 5.41) is 0.849. The van der Waals surface area contributed by atoms with E-state index in [0.717, 1.165) is 39.8 Å². The number of aromatic nitrogens is 3. The predicted octanol–water partition coefficient (Wildman–Crippen LogP) is 2.47. The molecule has 1 saturated heterocycles. The lowest BCUT2D eigenvalue weighted by molar-refractivity contribution is 0.352. The molecule has 25 heavy (non-hydrogen) atoms. The highest BCUT2D eigenvalue weighted by Gasteiger charge is 2.38. The van der Waals surface area contributed by atoms with Crippen LogP contribution in [-0.4, -0.2) is 52.6 Å². The first-order valence-electron chi connectivity index (χ1n) is 8.19. The standard InChI is InChI=1S/C16H23N5O2S2/c1-10-9-13(16-18-11(2)12(3)24-16)19-15(17-10)14-7-6-8-21(14)25(22,23)20(4)5/h9,14H,6-8H2,1-5H3/t14-/m1/s1. The van der Waals surface area contributed by atoms with Gasteiger partial charge in [-0.15, -0.1) is 11.3 Å². The third-order valence-corrected chi connectivity index (χ3v) is 7.43. The Morgan fingerprint density at radius 3 is 2.52 bits per heavy atom. The number of hydrogen-bond acceptors (Lipinski definition) is 6. The first kappa shape index (κ1) is 18.4. The number of hydrogen-bond donors (Lipinski definition) is 0. The van der Waals surface area contributed by atoms with Gasteiger partial charge in [0.05, 0.1) is 11.7 Å². The minimum atomic E-state index is -3.49. The molecule has 2 aromatic heterocycles. The lowest BCUT2D eigenvalue weighted by Gasteiger charge is -2.26. The lowest BCUT2D eigenvalue weighted by atomic mass is 10.2. The smallest absolute Gasteiger partial charge is 0.239 e. The van der Waals surface area contributed by atoms with Gasteiger partial charge in [0.1, 0.15) is 16.5 Å². The first-order chi connectivity index (χ1) is 11.7. The molecule has 0 aromatic carbocycles. The molecule has 0 aliphatic carbocycles. The zero-order valence-electron chi connectivity index (χ0n) is 15.1. The van der Waals surface area contributed by atoms with Gasteiger partial charge in [-0.05, 0) is 39.7 Å². The molecule has 0 bridgehead atoms. The Bertz CT molecular complexity index is 872. The van der Waals surface area contributed by atoms with Gasteiger partial charge < -0.3 is 0 Å². The summed E-state index contributed by atoms with van der Waals surface area (Å²) in [4.78, 5) is 14.9. The third kappa shape index (κ3) is 3.46. The topological polar surface area (TPSA) is 79.3 Å². The van der Waals surface area contributed by atoms with Gasteiger partial charge in [0.2, 0.25) is 0 Å². The summed E-state index contributed by atoms with van der Waals surface area (Å²) in [5.41, 5.74) is 2.58. The number of aryl methyl sites for hydroxylation is 3. The van der Waals surface area contributed by atoms with Gasteiger partial charge in [-0.3, -0.25) is 0 Å². The SMILES string of the molecule is Cc1cc(-c2nc(C)c(C)s2)nc([C@H]2CCCN2S(=O)(=O)N(C)C)n1. The van der Waals surface area contributed by atoms with E-state index >= 15 is 0 Å². The van der Waals surface area contributed by atoms with E-state index < -0.39 is 10.2 Å². The van der Waals surface area contributed by atoms with Crippen molar-refractivity contribution in [2.24, 2.45) is 0 Å². The second-order valence-electron chi connectivity index (χ2n) is 6.47. The Hall–Kier alpha value is -1.42. The van der Waals surface area contributed by atoms with Crippen molar-refractivity contribution in [1.29, 1.82) is 0 Å². The van der Waals surface area contributed by atoms with Gasteiger partial charge in [0.25, 0.3) is 10.2 Å². The van der Waals surface area contributed by atoms with Gasteiger partial charge in [-0.1, -0.05) is 0 Å². The Morgan fingerprint density at radius 2 is 1.92 bits per heavy atom. The minimum Gasteiger partial charge on any atom is -0.239 e. The highest BCUT2D eigenvalue weighted by Crippen LogP contribution is 2.34. The van der Waals surface area contributed by atoms with Crippen LogP contribution in [0.25, 0.3) is 10.7 Å². The Morgan fingerprint density at radius 1 is 1.20 bits per heavy atom. The van der Waals surface area contributed by atoms with E-state index in [1.807, 2.05) is 26.8 Å². The number of nitrogens with zero attached hydrogens (tertiary/aromatic N) is 5. The molecule has 3 heterocycles. The molecule has 0 amide bonds. The summed E-state index contributed by atoms with van der Waals surface area (Å²) in [6.45, 7) is 6.41. The zero-order chi connectivity index (χ0) is 18.4. The number of rotatable bonds is 4. The van der Waals surface area contributed by atoms with Crippen LogP contribution in [0.15, 0.2) is 6.07 Å². The summed E-state index contributed by atoms with van der Waals surface area (Å²) >= 11 is 1.60. The van der Waals surface area contributed by atoms with Crippen LogP contribution in [0, 0.1) is 20.8 Å². The van der Waals surface area contributed by atoms with E-state index in [1.165, 1.54) is 8.61 Å². The van der Waals surface area contributed by atoms with Crippen LogP contribution >= 0.6 is 11.3 Å².